The third-order valence-corrected chi connectivity index (χ3v) is 23.7. The van der Waals surface area contributed by atoms with Crippen LogP contribution in [0.3, 0.4) is 0 Å². The van der Waals surface area contributed by atoms with Gasteiger partial charge >= 0.3 is 36.1 Å². The van der Waals surface area contributed by atoms with Gasteiger partial charge in [0.05, 0.1) is 143 Å². The number of amides is 1. The van der Waals surface area contributed by atoms with Gasteiger partial charge in [-0.05, 0) is 129 Å². The Hall–Kier alpha value is -18.4. The van der Waals surface area contributed by atoms with Crippen molar-refractivity contribution in [1.82, 2.24) is 137 Å². The second kappa shape index (κ2) is 46.8. The number of hydrogen-bond acceptors (Lipinski definition) is 34. The Bertz CT molecular complexity index is 8000. The van der Waals surface area contributed by atoms with E-state index in [-0.39, 0.29) is 54.3 Å². The molecule has 0 radical (unpaired) electrons. The summed E-state index contributed by atoms with van der Waals surface area (Å²) in [6.45, 7) is 6.69. The highest BCUT2D eigenvalue weighted by Gasteiger charge is 2.27. The van der Waals surface area contributed by atoms with Gasteiger partial charge in [0.2, 0.25) is 5.91 Å². The van der Waals surface area contributed by atoms with Crippen molar-refractivity contribution >= 4 is 95.3 Å². The summed E-state index contributed by atoms with van der Waals surface area (Å²) >= 11 is 12.6. The van der Waals surface area contributed by atoms with Crippen LogP contribution in [-0.2, 0) is 27.1 Å². The smallest absolute Gasteiger partial charge is 0.318 e. The van der Waals surface area contributed by atoms with E-state index in [0.29, 0.717) is 139 Å². The number of benzene rings is 6. The molecule has 41 nitrogen and oxygen atoms in total. The fraction of sp³-hybridized carbons (Fsp3) is 0.214. The number of pyridine rings is 2. The molecule has 1 N–H and O–H groups in total. The molecule has 4 aliphatic heterocycles. The van der Waals surface area contributed by atoms with Crippen LogP contribution in [0.1, 0.15) is 72.2 Å². The molecule has 14 aromatic heterocycles. The highest BCUT2D eigenvalue weighted by molar-refractivity contribution is 6.32. The zero-order valence-corrected chi connectivity index (χ0v) is 79.4. The number of imidazole rings is 6. The Morgan fingerprint density at radius 1 is 0.349 bits per heavy atom. The van der Waals surface area contributed by atoms with Gasteiger partial charge in [0.1, 0.15) is 119 Å². The molecule has 6 aromatic carbocycles. The number of nitrogens with zero attached hydrogens (tertiary/aromatic N) is 31. The summed E-state index contributed by atoms with van der Waals surface area (Å²) in [5, 5.41) is 41.6. The lowest BCUT2D eigenvalue weighted by atomic mass is 10.2. The number of carbonyl (C=O) groups excluding carboxylic acids is 1. The molecule has 4 saturated heterocycles. The van der Waals surface area contributed by atoms with Crippen LogP contribution in [0.25, 0.3) is 101 Å². The summed E-state index contributed by atoms with van der Waals surface area (Å²) in [4.78, 5) is 99.3. The van der Waals surface area contributed by atoms with Crippen LogP contribution in [0, 0.1) is 45.3 Å². The Kier molecular flexibility index (Phi) is 30.9. The van der Waals surface area contributed by atoms with Crippen molar-refractivity contribution in [1.29, 1.82) is 21.0 Å². The number of carbonyl (C=O) groups is 1. The maximum atomic E-state index is 11.6. The van der Waals surface area contributed by atoms with E-state index in [0.717, 1.165) is 136 Å². The molecule has 726 valence electrons. The molecule has 1 amide bonds. The molecule has 43 heteroatoms. The molecule has 4 aliphatic rings. The van der Waals surface area contributed by atoms with Gasteiger partial charge in [-0.3, -0.25) is 42.2 Å². The maximum Gasteiger partial charge on any atom is 0.318 e. The molecule has 24 rings (SSSR count). The number of aromatic nitrogens is 26. The second-order valence-electron chi connectivity index (χ2n) is 32.7. The lowest BCUT2D eigenvalue weighted by Crippen LogP contribution is -2.29. The number of halogens is 2. The highest BCUT2D eigenvalue weighted by atomic mass is 35.5. The van der Waals surface area contributed by atoms with Crippen molar-refractivity contribution in [2.24, 2.45) is 0 Å². The average molecular weight is 1990 g/mol. The van der Waals surface area contributed by atoms with E-state index in [9.17, 15) is 25.8 Å². The van der Waals surface area contributed by atoms with Crippen LogP contribution >= 0.6 is 23.2 Å². The van der Waals surface area contributed by atoms with E-state index in [4.69, 9.17) is 61.1 Å². The normalized spacial score (nSPS) is 14.5. The van der Waals surface area contributed by atoms with Crippen molar-refractivity contribution in [3.8, 4) is 95.2 Å². The van der Waals surface area contributed by atoms with Crippen LogP contribution in [0.4, 0.5) is 0 Å². The van der Waals surface area contributed by atoms with Crippen LogP contribution in [0.2, 0.25) is 10.0 Å². The van der Waals surface area contributed by atoms with Crippen molar-refractivity contribution < 1.29 is 42.7 Å². The molecule has 3 atom stereocenters. The summed E-state index contributed by atoms with van der Waals surface area (Å²) < 4.78 is 55.7. The lowest BCUT2D eigenvalue weighted by molar-refractivity contribution is -0.128. The molecule has 20 aromatic rings. The molecule has 0 spiro atoms. The Morgan fingerprint density at radius 2 is 0.678 bits per heavy atom. The molecule has 0 saturated carbocycles. The predicted octanol–water partition coefficient (Wildman–Crippen LogP) is 14.2. The summed E-state index contributed by atoms with van der Waals surface area (Å²) in [7, 11) is 0. The van der Waals surface area contributed by atoms with Crippen molar-refractivity contribution in [3.05, 3.63) is 313 Å². The highest BCUT2D eigenvalue weighted by Crippen LogP contribution is 2.31. The minimum absolute atomic E-state index is 0.0164. The molecule has 0 bridgehead atoms. The Labute approximate surface area is 842 Å². The molecular weight excluding hydrogens is 1900 g/mol. The maximum absolute atomic E-state index is 11.6. The first-order chi connectivity index (χ1) is 71.9. The number of rotatable bonds is 24. The fourth-order valence-electron chi connectivity index (χ4n) is 16.0. The first-order valence-corrected chi connectivity index (χ1v) is 47.2. The first-order valence-electron chi connectivity index (χ1n) is 46.4. The van der Waals surface area contributed by atoms with E-state index in [1.807, 2.05) is 191 Å². The quantitative estimate of drug-likeness (QED) is 0.0587. The van der Waals surface area contributed by atoms with E-state index >= 15 is 0 Å². The number of para-hydroxylation sites is 12. The molecule has 4 fully saturated rings. The van der Waals surface area contributed by atoms with Gasteiger partial charge in [-0.25, -0.2) is 59.8 Å². The van der Waals surface area contributed by atoms with Gasteiger partial charge in [-0.1, -0.05) is 108 Å². The number of hydrogen-bond donors (Lipinski definition) is 1. The largest absolute Gasteiger partial charge is 0.463 e. The van der Waals surface area contributed by atoms with Crippen LogP contribution in [-0.4, -0.2) is 229 Å². The first kappa shape index (κ1) is 96.5. The summed E-state index contributed by atoms with van der Waals surface area (Å²) in [5.41, 5.74) is 13.7. The van der Waals surface area contributed by atoms with Gasteiger partial charge < -0.3 is 48.1 Å². The van der Waals surface area contributed by atoms with E-state index in [1.165, 1.54) is 31.0 Å². The van der Waals surface area contributed by atoms with Gasteiger partial charge in [0, 0.05) is 69.2 Å². The van der Waals surface area contributed by atoms with Gasteiger partial charge in [-0.15, -0.1) is 0 Å². The minimum Gasteiger partial charge on any atom is -0.463 e. The topological polar surface area (TPSA) is 489 Å². The molecule has 0 aliphatic carbocycles. The van der Waals surface area contributed by atoms with Gasteiger partial charge in [-0.2, -0.15) is 51.0 Å². The number of nitriles is 4. The lowest BCUT2D eigenvalue weighted by Gasteiger charge is -2.22. The van der Waals surface area contributed by atoms with Crippen molar-refractivity contribution in [2.75, 3.05) is 72.4 Å². The van der Waals surface area contributed by atoms with Gasteiger partial charge in [0.15, 0.2) is 34.9 Å². The third kappa shape index (κ3) is 23.3. The predicted molar refractivity (Wildman–Crippen MR) is 533 cm³/mol. The van der Waals surface area contributed by atoms with Crippen LogP contribution in [0.15, 0.2) is 270 Å². The van der Waals surface area contributed by atoms with E-state index in [1.54, 1.807) is 79.7 Å². The molecule has 3 unspecified atom stereocenters. The molecular formula is C103H86Cl2N32O9. The second-order valence-corrected chi connectivity index (χ2v) is 33.6. The minimum atomic E-state index is -0.0460. The van der Waals surface area contributed by atoms with E-state index in [2.05, 4.69) is 129 Å². The monoisotopic (exact) mass is 1980 g/mol. The van der Waals surface area contributed by atoms with Crippen molar-refractivity contribution in [2.45, 2.75) is 69.7 Å². The zero-order chi connectivity index (χ0) is 99.7. The summed E-state index contributed by atoms with van der Waals surface area (Å²) in [6.07, 6.45) is 28.9. The number of ether oxygens (including phenoxy) is 8. The fourth-order valence-corrected chi connectivity index (χ4v) is 16.4. The summed E-state index contributed by atoms with van der Waals surface area (Å²) in [5.74, 6) is 3.06. The van der Waals surface area contributed by atoms with Crippen LogP contribution < -0.4 is 33.7 Å². The molecule has 146 heavy (non-hydrogen) atoms. The number of likely N-dealkylation sites (tertiary alicyclic amines) is 1. The standard InChI is InChI=1S/C19H14N6O.C18H14ClN5O.C18H16N6O2.C16H15ClN4O2.C16H14N6O.C16H13N5O2/c20-11-14-12-22-19(26-10-8-15-5-3-4-9-21-15)24-18(14)25-13-23-16-6-1-2-7-17(16)25;19-14-11-21-18(25-10-8-13-5-3-4-9-20-13)23-17(14)24-12-22-15-6-1-2-7-16(15)24;19-10-13-11-20-18(26-9-8-23-7-3-6-16(23)25)22-17(13)24-12-21-14-4-1-2-5-15(14)24;17-12-8-18-16(23-11-4-3-7-22-9-11)20-15(12)21-10-19-13-5-1-2-6-14(13)21;17-7-11-8-19-16(23-12-5-6-18-9-12)21-15(11)22-10-20-13-3-1-2-4-14(13)22;17-7-11-8-18-16(23-12-5-6-22-9-12)20-15(11)21-10-19-13-3-1-2-4-14(13)21/h1-7,9,12-13H,8,10H2;1-7,9,11-12H,8,10H2;1-2,4-5,11-12H,3,6-9H2;1-2,5-6,8,10-11H,3-4,7,9H2;1-4,8,10,12,18H,5-6,9H2;1-4,8,10,12H,5-6,9H2. The average Bonchev–Trinajstić information content (AvgIpc) is 1.65. The number of nitrogens with one attached hydrogen (secondary N) is 1. The SMILES string of the molecule is Clc1cnc(OC2CCCOC2)nc1-n1cnc2ccccc21.Clc1cnc(OCCc2ccccn2)nc1-n1cnc2ccccc21.N#Cc1cnc(OC2CCNC2)nc1-n1cnc2ccccc21.N#Cc1cnc(OC2CCOC2)nc1-n1cnc2ccccc21.N#Cc1cnc(OCCN2CCCC2=O)nc1-n1cnc2ccccc21.N#Cc1cnc(OCCc2ccccn2)nc1-n1cnc2ccccc21. The third-order valence-electron chi connectivity index (χ3n) is 23.2. The Morgan fingerprint density at radius 3 is 1.02 bits per heavy atom. The summed E-state index contributed by atoms with van der Waals surface area (Å²) in [6, 6.07) is 67.7. The van der Waals surface area contributed by atoms with Gasteiger partial charge in [0.25, 0.3) is 0 Å². The van der Waals surface area contributed by atoms with Crippen LogP contribution in [0.5, 0.6) is 36.1 Å². The number of fused-ring (bicyclic) bond motifs is 6. The Balaban J connectivity index is 0.000000111. The van der Waals surface area contributed by atoms with Crippen molar-refractivity contribution in [3.63, 3.8) is 0 Å². The van der Waals surface area contributed by atoms with E-state index < -0.39 is 0 Å². The molecule has 18 heterocycles. The zero-order valence-electron chi connectivity index (χ0n) is 77.9.